The largest absolute Gasteiger partial charge is 0.379 e. The Hall–Kier alpha value is -2.43. The maximum Gasteiger partial charge on any atom is 0.254 e. The molecule has 0 bridgehead atoms. The van der Waals surface area contributed by atoms with Crippen LogP contribution in [0.25, 0.3) is 0 Å². The summed E-state index contributed by atoms with van der Waals surface area (Å²) >= 11 is 1.29. The van der Waals surface area contributed by atoms with Crippen molar-refractivity contribution in [1.29, 1.82) is 0 Å². The van der Waals surface area contributed by atoms with E-state index >= 15 is 0 Å². The van der Waals surface area contributed by atoms with Crippen molar-refractivity contribution < 1.29 is 23.1 Å². The molecular formula is C17H18F2N4O3S. The van der Waals surface area contributed by atoms with Gasteiger partial charge >= 0.3 is 0 Å². The van der Waals surface area contributed by atoms with Crippen molar-refractivity contribution in [3.05, 3.63) is 46.5 Å². The van der Waals surface area contributed by atoms with E-state index in [0.717, 1.165) is 30.9 Å². The minimum Gasteiger partial charge on any atom is -0.379 e. The third-order valence-corrected chi connectivity index (χ3v) is 4.68. The van der Waals surface area contributed by atoms with E-state index in [0.29, 0.717) is 31.0 Å². The molecule has 0 spiro atoms. The van der Waals surface area contributed by atoms with Crippen LogP contribution in [0.4, 0.5) is 13.9 Å². The van der Waals surface area contributed by atoms with Crippen molar-refractivity contribution in [2.75, 3.05) is 38.2 Å². The summed E-state index contributed by atoms with van der Waals surface area (Å²) in [6, 6.07) is 2.61. The second-order valence-corrected chi connectivity index (χ2v) is 6.75. The topological polar surface area (TPSA) is 83.6 Å². The fourth-order valence-electron chi connectivity index (χ4n) is 2.52. The van der Waals surface area contributed by atoms with Gasteiger partial charge in [0.05, 0.1) is 31.0 Å². The number of benzene rings is 1. The molecule has 1 fully saturated rings. The molecule has 2 N–H and O–H groups in total. The molecule has 0 unspecified atom stereocenters. The van der Waals surface area contributed by atoms with Crippen LogP contribution in [0.5, 0.6) is 0 Å². The Morgan fingerprint density at radius 1 is 1.26 bits per heavy atom. The number of hydrogen-bond acceptors (Lipinski definition) is 6. The van der Waals surface area contributed by atoms with Gasteiger partial charge in [-0.2, -0.15) is 0 Å². The van der Waals surface area contributed by atoms with Gasteiger partial charge in [-0.25, -0.2) is 13.8 Å². The molecule has 0 aliphatic carbocycles. The first-order valence-corrected chi connectivity index (χ1v) is 9.17. The zero-order valence-corrected chi connectivity index (χ0v) is 15.2. The quantitative estimate of drug-likeness (QED) is 0.775. The number of rotatable bonds is 6. The molecule has 7 nitrogen and oxygen atoms in total. The van der Waals surface area contributed by atoms with Gasteiger partial charge in [0.15, 0.2) is 5.13 Å². The standard InChI is InChI=1S/C17H18F2N4O3S/c18-11-1-2-13(14(19)7-11)16(25)20-8-15(24)22-17-21-12(10-27-17)9-23-3-5-26-6-4-23/h1-2,7,10H,3-6,8-9H2,(H,20,25)(H,21,22,24). The lowest BCUT2D eigenvalue weighted by molar-refractivity contribution is -0.115. The van der Waals surface area contributed by atoms with Crippen molar-refractivity contribution in [2.45, 2.75) is 6.54 Å². The normalized spacial score (nSPS) is 14.7. The summed E-state index contributed by atoms with van der Waals surface area (Å²) in [6.07, 6.45) is 0. The summed E-state index contributed by atoms with van der Waals surface area (Å²) in [5, 5.41) is 7.16. The monoisotopic (exact) mass is 396 g/mol. The van der Waals surface area contributed by atoms with Gasteiger partial charge in [-0.3, -0.25) is 14.5 Å². The van der Waals surface area contributed by atoms with Gasteiger partial charge in [0.25, 0.3) is 5.91 Å². The summed E-state index contributed by atoms with van der Waals surface area (Å²) in [5.41, 5.74) is 0.515. The Kier molecular flexibility index (Phi) is 6.43. The van der Waals surface area contributed by atoms with Crippen molar-refractivity contribution in [2.24, 2.45) is 0 Å². The van der Waals surface area contributed by atoms with E-state index in [2.05, 4.69) is 20.5 Å². The van der Waals surface area contributed by atoms with E-state index in [1.165, 1.54) is 11.3 Å². The number of aromatic nitrogens is 1. The van der Waals surface area contributed by atoms with E-state index < -0.39 is 23.4 Å². The predicted molar refractivity (Wildman–Crippen MR) is 95.5 cm³/mol. The molecule has 3 rings (SSSR count). The van der Waals surface area contributed by atoms with Gasteiger partial charge in [0, 0.05) is 31.1 Å². The first-order chi connectivity index (χ1) is 13.0. The first kappa shape index (κ1) is 19.3. The van der Waals surface area contributed by atoms with Crippen LogP contribution in [-0.4, -0.2) is 54.5 Å². The molecule has 10 heteroatoms. The number of morpholine rings is 1. The second kappa shape index (κ2) is 8.98. The average Bonchev–Trinajstić information content (AvgIpc) is 3.07. The van der Waals surface area contributed by atoms with Crippen LogP contribution in [0, 0.1) is 11.6 Å². The van der Waals surface area contributed by atoms with Gasteiger partial charge in [0.1, 0.15) is 11.6 Å². The van der Waals surface area contributed by atoms with Gasteiger partial charge in [-0.1, -0.05) is 0 Å². The van der Waals surface area contributed by atoms with E-state index in [1.54, 1.807) is 0 Å². The van der Waals surface area contributed by atoms with Crippen LogP contribution in [0.3, 0.4) is 0 Å². The van der Waals surface area contributed by atoms with E-state index in [4.69, 9.17) is 4.74 Å². The molecule has 1 aliphatic rings. The molecule has 1 aromatic carbocycles. The third kappa shape index (κ3) is 5.52. The lowest BCUT2D eigenvalue weighted by atomic mass is 10.2. The summed E-state index contributed by atoms with van der Waals surface area (Å²) in [7, 11) is 0. The maximum absolute atomic E-state index is 13.5. The van der Waals surface area contributed by atoms with E-state index in [1.807, 2.05) is 5.38 Å². The van der Waals surface area contributed by atoms with Crippen molar-refractivity contribution >= 4 is 28.3 Å². The third-order valence-electron chi connectivity index (χ3n) is 3.87. The van der Waals surface area contributed by atoms with Crippen LogP contribution < -0.4 is 10.6 Å². The second-order valence-electron chi connectivity index (χ2n) is 5.89. The Labute approximate surface area is 158 Å². The number of nitrogens with one attached hydrogen (secondary N) is 2. The smallest absolute Gasteiger partial charge is 0.254 e. The first-order valence-electron chi connectivity index (χ1n) is 8.29. The molecule has 1 aliphatic heterocycles. The van der Waals surface area contributed by atoms with Crippen LogP contribution >= 0.6 is 11.3 Å². The molecule has 2 amide bonds. The van der Waals surface area contributed by atoms with Crippen LogP contribution in [-0.2, 0) is 16.1 Å². The zero-order valence-electron chi connectivity index (χ0n) is 14.3. The number of carbonyl (C=O) groups is 2. The Bertz CT molecular complexity index is 824. The maximum atomic E-state index is 13.5. The lowest BCUT2D eigenvalue weighted by Crippen LogP contribution is -2.35. The predicted octanol–water partition coefficient (Wildman–Crippen LogP) is 1.62. The Morgan fingerprint density at radius 2 is 2.04 bits per heavy atom. The highest BCUT2D eigenvalue weighted by atomic mass is 32.1. The van der Waals surface area contributed by atoms with Crippen molar-refractivity contribution in [3.8, 4) is 0 Å². The highest BCUT2D eigenvalue weighted by Gasteiger charge is 2.15. The fraction of sp³-hybridized carbons (Fsp3) is 0.353. The average molecular weight is 396 g/mol. The van der Waals surface area contributed by atoms with Crippen molar-refractivity contribution in [3.63, 3.8) is 0 Å². The number of thiazole rings is 1. The molecule has 27 heavy (non-hydrogen) atoms. The van der Waals surface area contributed by atoms with Gasteiger partial charge in [-0.15, -0.1) is 11.3 Å². The molecule has 2 heterocycles. The molecule has 0 radical (unpaired) electrons. The summed E-state index contributed by atoms with van der Waals surface area (Å²) in [4.78, 5) is 30.4. The number of halogens is 2. The van der Waals surface area contributed by atoms with Crippen LogP contribution in [0.1, 0.15) is 16.1 Å². The summed E-state index contributed by atoms with van der Waals surface area (Å²) < 4.78 is 31.7. The summed E-state index contributed by atoms with van der Waals surface area (Å²) in [5.74, 6) is -3.05. The Morgan fingerprint density at radius 3 is 2.78 bits per heavy atom. The van der Waals surface area contributed by atoms with E-state index in [-0.39, 0.29) is 12.1 Å². The minimum atomic E-state index is -0.986. The van der Waals surface area contributed by atoms with E-state index in [9.17, 15) is 18.4 Å². The number of nitrogens with zero attached hydrogens (tertiary/aromatic N) is 2. The van der Waals surface area contributed by atoms with Gasteiger partial charge < -0.3 is 15.4 Å². The lowest BCUT2D eigenvalue weighted by Gasteiger charge is -2.25. The molecule has 2 aromatic rings. The molecule has 0 atom stereocenters. The fourth-order valence-corrected chi connectivity index (χ4v) is 3.24. The van der Waals surface area contributed by atoms with Crippen molar-refractivity contribution in [1.82, 2.24) is 15.2 Å². The minimum absolute atomic E-state index is 0.328. The number of carbonyl (C=O) groups excluding carboxylic acids is 2. The molecule has 1 aromatic heterocycles. The Balaban J connectivity index is 1.47. The molecule has 144 valence electrons. The molecule has 1 saturated heterocycles. The van der Waals surface area contributed by atoms with Crippen LogP contribution in [0.15, 0.2) is 23.6 Å². The zero-order chi connectivity index (χ0) is 19.2. The van der Waals surface area contributed by atoms with Crippen LogP contribution in [0.2, 0.25) is 0 Å². The van der Waals surface area contributed by atoms with Gasteiger partial charge in [0.2, 0.25) is 5.91 Å². The molecular weight excluding hydrogens is 378 g/mol. The highest BCUT2D eigenvalue weighted by molar-refractivity contribution is 7.13. The van der Waals surface area contributed by atoms with Gasteiger partial charge in [-0.05, 0) is 12.1 Å². The summed E-state index contributed by atoms with van der Waals surface area (Å²) in [6.45, 7) is 3.39. The molecule has 0 saturated carbocycles. The highest BCUT2D eigenvalue weighted by Crippen LogP contribution is 2.17. The SMILES string of the molecule is O=C(CNC(=O)c1ccc(F)cc1F)Nc1nc(CN2CCOCC2)cs1. The number of amides is 2. The number of ether oxygens (including phenoxy) is 1. The number of anilines is 1. The number of hydrogen-bond donors (Lipinski definition) is 2.